The van der Waals surface area contributed by atoms with Crippen LogP contribution >= 0.6 is 0 Å². The molecule has 4 heterocycles. The average molecular weight is 338 g/mol. The fourth-order valence-electron chi connectivity index (χ4n) is 3.60. The van der Waals surface area contributed by atoms with Crippen LogP contribution in [-0.2, 0) is 18.9 Å². The number of carbonyl (C=O) groups is 1. The van der Waals surface area contributed by atoms with Gasteiger partial charge < -0.3 is 14.0 Å². The molecule has 0 bridgehead atoms. The molecule has 25 heavy (non-hydrogen) atoms. The first-order valence-corrected chi connectivity index (χ1v) is 8.15. The van der Waals surface area contributed by atoms with Crippen molar-refractivity contribution in [3.05, 3.63) is 40.3 Å². The highest BCUT2D eigenvalue weighted by Crippen LogP contribution is 2.32. The van der Waals surface area contributed by atoms with Gasteiger partial charge in [-0.15, -0.1) is 0 Å². The second-order valence-corrected chi connectivity index (χ2v) is 6.67. The number of likely N-dealkylation sites (N-methyl/N-ethyl adjacent to an activating group) is 2. The van der Waals surface area contributed by atoms with E-state index in [9.17, 15) is 9.59 Å². The minimum absolute atomic E-state index is 0.0277. The average Bonchev–Trinajstić information content (AvgIpc) is 2.97. The van der Waals surface area contributed by atoms with Gasteiger partial charge in [-0.25, -0.2) is 9.57 Å². The van der Waals surface area contributed by atoms with Gasteiger partial charge in [0.25, 0.3) is 11.5 Å². The van der Waals surface area contributed by atoms with Gasteiger partial charge in [-0.05, 0) is 12.1 Å². The number of aryl methyl sites for hydroxylation is 1. The quantitative estimate of drug-likeness (QED) is 0.707. The molecule has 0 radical (unpaired) electrons. The Balaban J connectivity index is 1.95. The molecule has 0 aromatic heterocycles. The molecule has 0 N–H and O–H groups in total. The van der Waals surface area contributed by atoms with Gasteiger partial charge in [0.1, 0.15) is 18.8 Å². The Morgan fingerprint density at radius 3 is 2.76 bits per heavy atom. The first-order chi connectivity index (χ1) is 11.9. The van der Waals surface area contributed by atoms with Crippen LogP contribution < -0.4 is 5.56 Å². The normalized spacial score (nSPS) is 21.8. The van der Waals surface area contributed by atoms with Crippen LogP contribution in [0.1, 0.15) is 0 Å². The second kappa shape index (κ2) is 5.27. The SMILES string of the molecule is CN1C(=O)C(=Nc2c3n(C)cccc-3n(C)c2=O)C2=CC=[N+](C)CC21. The monoisotopic (exact) mass is 338 g/mol. The number of amides is 1. The van der Waals surface area contributed by atoms with E-state index in [2.05, 4.69) is 4.99 Å². The number of pyridine rings is 1. The third-order valence-corrected chi connectivity index (χ3v) is 5.07. The second-order valence-electron chi connectivity index (χ2n) is 6.67. The number of aromatic nitrogens is 2. The van der Waals surface area contributed by atoms with Crippen molar-refractivity contribution >= 4 is 23.5 Å². The molecule has 0 spiro atoms. The summed E-state index contributed by atoms with van der Waals surface area (Å²) in [5.41, 5.74) is 2.90. The van der Waals surface area contributed by atoms with Crippen LogP contribution in [0, 0.1) is 0 Å². The predicted molar refractivity (Wildman–Crippen MR) is 96.1 cm³/mol. The third kappa shape index (κ3) is 2.12. The van der Waals surface area contributed by atoms with Gasteiger partial charge in [0.05, 0.1) is 11.4 Å². The van der Waals surface area contributed by atoms with E-state index in [1.807, 2.05) is 53.9 Å². The van der Waals surface area contributed by atoms with E-state index in [-0.39, 0.29) is 17.5 Å². The van der Waals surface area contributed by atoms with Crippen molar-refractivity contribution in [2.24, 2.45) is 19.1 Å². The van der Waals surface area contributed by atoms with Crippen LogP contribution in [0.25, 0.3) is 11.4 Å². The molecule has 0 aromatic rings. The standard InChI is InChI=1S/C18H20N5O2/c1-20-9-7-11-13(10-20)23(4)17(24)14(11)19-15-16-12(22(3)18(15)25)6-5-8-21(16)2/h5-9,13H,10H2,1-4H3/q+1. The lowest BCUT2D eigenvalue weighted by molar-refractivity contribution is -0.497. The number of rotatable bonds is 1. The Bertz CT molecular complexity index is 1020. The molecule has 0 aromatic carbocycles. The fraction of sp³-hybridized carbons (Fsp3) is 0.333. The highest BCUT2D eigenvalue weighted by molar-refractivity contribution is 6.48. The lowest BCUT2D eigenvalue weighted by Gasteiger charge is -2.18. The molecule has 1 fully saturated rings. The molecular formula is C18H20N5O2+. The van der Waals surface area contributed by atoms with Crippen molar-refractivity contribution in [2.45, 2.75) is 6.04 Å². The van der Waals surface area contributed by atoms with Gasteiger partial charge in [-0.2, -0.15) is 0 Å². The third-order valence-electron chi connectivity index (χ3n) is 5.07. The van der Waals surface area contributed by atoms with Gasteiger partial charge in [0.15, 0.2) is 18.4 Å². The lowest BCUT2D eigenvalue weighted by atomic mass is 10.0. The Hall–Kier alpha value is -2.96. The predicted octanol–water partition coefficient (Wildman–Crippen LogP) is 0.395. The van der Waals surface area contributed by atoms with Crippen molar-refractivity contribution in [3.63, 3.8) is 0 Å². The molecule has 128 valence electrons. The summed E-state index contributed by atoms with van der Waals surface area (Å²) in [4.78, 5) is 31.7. The number of fused-ring (bicyclic) bond motifs is 2. The van der Waals surface area contributed by atoms with Crippen LogP contribution in [-0.4, -0.2) is 63.1 Å². The summed E-state index contributed by atoms with van der Waals surface area (Å²) < 4.78 is 5.48. The maximum atomic E-state index is 12.7. The molecule has 1 atom stereocenters. The molecular weight excluding hydrogens is 318 g/mol. The number of hydrogen-bond acceptors (Lipinski definition) is 3. The molecule has 1 saturated heterocycles. The molecule has 4 aliphatic rings. The zero-order valence-corrected chi connectivity index (χ0v) is 14.7. The van der Waals surface area contributed by atoms with Crippen LogP contribution in [0.5, 0.6) is 0 Å². The van der Waals surface area contributed by atoms with Crippen LogP contribution in [0.2, 0.25) is 0 Å². The Morgan fingerprint density at radius 1 is 1.24 bits per heavy atom. The van der Waals surface area contributed by atoms with Gasteiger partial charge in [-0.3, -0.25) is 9.59 Å². The zero-order chi connectivity index (χ0) is 17.9. The minimum atomic E-state index is -0.194. The molecule has 7 nitrogen and oxygen atoms in total. The van der Waals surface area contributed by atoms with Crippen molar-refractivity contribution in [1.82, 2.24) is 14.0 Å². The Kier molecular flexibility index (Phi) is 3.28. The maximum Gasteiger partial charge on any atom is 0.278 e. The summed E-state index contributed by atoms with van der Waals surface area (Å²) in [7, 11) is 7.35. The van der Waals surface area contributed by atoms with Gasteiger partial charge in [0.2, 0.25) is 0 Å². The summed E-state index contributed by atoms with van der Waals surface area (Å²) >= 11 is 0. The molecule has 4 aliphatic heterocycles. The van der Waals surface area contributed by atoms with Gasteiger partial charge >= 0.3 is 0 Å². The van der Waals surface area contributed by atoms with Crippen molar-refractivity contribution in [3.8, 4) is 11.4 Å². The Morgan fingerprint density at radius 2 is 2.00 bits per heavy atom. The molecule has 4 rings (SSSR count). The summed E-state index contributed by atoms with van der Waals surface area (Å²) in [6.07, 6.45) is 5.73. The molecule has 1 unspecified atom stereocenters. The minimum Gasteiger partial charge on any atom is -0.347 e. The highest BCUT2D eigenvalue weighted by atomic mass is 16.2. The first-order valence-electron chi connectivity index (χ1n) is 8.15. The molecule has 7 heteroatoms. The number of hydrogen-bond donors (Lipinski definition) is 0. The summed E-state index contributed by atoms with van der Waals surface area (Å²) in [5.74, 6) is -0.144. The molecule has 1 amide bonds. The number of likely N-dealkylation sites (tertiary alicyclic amines) is 1. The maximum absolute atomic E-state index is 12.7. The lowest BCUT2D eigenvalue weighted by Crippen LogP contribution is -2.37. The number of allylic oxidation sites excluding steroid dienone is 1. The summed E-state index contributed by atoms with van der Waals surface area (Å²) in [5, 5.41) is 0. The Labute approximate surface area is 145 Å². The van der Waals surface area contributed by atoms with Crippen LogP contribution in [0.3, 0.4) is 0 Å². The molecule has 0 aliphatic carbocycles. The van der Waals surface area contributed by atoms with Crippen molar-refractivity contribution in [1.29, 1.82) is 0 Å². The topological polar surface area (TPSA) is 62.6 Å². The fourth-order valence-corrected chi connectivity index (χ4v) is 3.60. The number of nitrogens with zero attached hydrogens (tertiary/aromatic N) is 5. The zero-order valence-electron chi connectivity index (χ0n) is 14.7. The van der Waals surface area contributed by atoms with Crippen molar-refractivity contribution in [2.75, 3.05) is 20.6 Å². The summed E-state index contributed by atoms with van der Waals surface area (Å²) in [6.45, 7) is 0.723. The summed E-state index contributed by atoms with van der Waals surface area (Å²) in [6, 6.07) is 3.74. The van der Waals surface area contributed by atoms with Gasteiger partial charge in [-0.1, -0.05) is 0 Å². The van der Waals surface area contributed by atoms with Crippen molar-refractivity contribution < 1.29 is 9.37 Å². The van der Waals surface area contributed by atoms with E-state index in [1.165, 1.54) is 0 Å². The van der Waals surface area contributed by atoms with E-state index < -0.39 is 0 Å². The largest absolute Gasteiger partial charge is 0.347 e. The van der Waals surface area contributed by atoms with Gasteiger partial charge in [0, 0.05) is 39.0 Å². The highest BCUT2D eigenvalue weighted by Gasteiger charge is 2.42. The van der Waals surface area contributed by atoms with E-state index in [0.29, 0.717) is 11.4 Å². The molecule has 0 saturated carbocycles. The van der Waals surface area contributed by atoms with Crippen LogP contribution in [0.4, 0.5) is 5.69 Å². The number of aliphatic imine (C=N–C) groups is 1. The smallest absolute Gasteiger partial charge is 0.278 e. The van der Waals surface area contributed by atoms with E-state index >= 15 is 0 Å². The van der Waals surface area contributed by atoms with Crippen LogP contribution in [0.15, 0.2) is 39.8 Å². The van der Waals surface area contributed by atoms with E-state index in [4.69, 9.17) is 0 Å². The number of carbonyl (C=O) groups excluding carboxylic acids is 1. The van der Waals surface area contributed by atoms with E-state index in [0.717, 1.165) is 23.5 Å². The van der Waals surface area contributed by atoms with E-state index in [1.54, 1.807) is 23.6 Å². The first kappa shape index (κ1) is 15.6.